The average Bonchev–Trinajstić information content (AvgIpc) is 3.23. The summed E-state index contributed by atoms with van der Waals surface area (Å²) in [6, 6.07) is 13.9. The van der Waals surface area contributed by atoms with Crippen LogP contribution in [0.1, 0.15) is 30.7 Å². The van der Waals surface area contributed by atoms with Crippen LogP contribution in [0.5, 0.6) is 17.2 Å². The fraction of sp³-hybridized carbons (Fsp3) is 0.455. The summed E-state index contributed by atoms with van der Waals surface area (Å²) < 4.78 is 30.4. The highest BCUT2D eigenvalue weighted by Gasteiger charge is 2.46. The average molecular weight is 369 g/mol. The molecule has 2 aromatic carbocycles. The fourth-order valence-electron chi connectivity index (χ4n) is 5.06. The van der Waals surface area contributed by atoms with Crippen LogP contribution in [0.25, 0.3) is 0 Å². The highest BCUT2D eigenvalue weighted by Crippen LogP contribution is 2.46. The van der Waals surface area contributed by atoms with E-state index < -0.39 is 0 Å². The summed E-state index contributed by atoms with van der Waals surface area (Å²) in [5.41, 5.74) is 1.22. The van der Waals surface area contributed by atoms with Crippen LogP contribution in [-0.4, -0.2) is 37.4 Å². The number of benzene rings is 2. The van der Waals surface area contributed by atoms with E-state index in [0.29, 0.717) is 30.5 Å². The zero-order valence-corrected chi connectivity index (χ0v) is 15.4. The first-order chi connectivity index (χ1) is 13.2. The van der Waals surface area contributed by atoms with Crippen molar-refractivity contribution in [2.24, 2.45) is 5.92 Å². The molecule has 0 saturated carbocycles. The Morgan fingerprint density at radius 3 is 2.74 bits per heavy atom. The molecule has 0 N–H and O–H groups in total. The monoisotopic (exact) mass is 369 g/mol. The smallest absolute Gasteiger partial charge is 0.231 e. The van der Waals surface area contributed by atoms with Gasteiger partial charge in [-0.25, -0.2) is 4.39 Å². The predicted octanol–water partition coefficient (Wildman–Crippen LogP) is 4.20. The SMILES string of the molecule is CN1C2CC[C@@H]1[C@@H](COc1ccc3c(c1)OCO3)[C@H](c1ccc(F)cc1)C2. The molecule has 0 radical (unpaired) electrons. The Balaban J connectivity index is 1.37. The largest absolute Gasteiger partial charge is 0.493 e. The minimum Gasteiger partial charge on any atom is -0.493 e. The van der Waals surface area contributed by atoms with Crippen LogP contribution < -0.4 is 14.2 Å². The van der Waals surface area contributed by atoms with E-state index in [1.807, 2.05) is 30.3 Å². The van der Waals surface area contributed by atoms with E-state index in [2.05, 4.69) is 11.9 Å². The van der Waals surface area contributed by atoms with Crippen LogP contribution in [0, 0.1) is 11.7 Å². The van der Waals surface area contributed by atoms with Gasteiger partial charge in [0, 0.05) is 24.1 Å². The standard InChI is InChI=1S/C22H24FNO3/c1-24-16-6-8-20(24)19(18(10-16)14-2-4-15(23)5-3-14)12-25-17-7-9-21-22(11-17)27-13-26-21/h2-5,7,9,11,16,18-20H,6,8,10,12-13H2,1H3/t16?,18-,19-,20+/m0/s1. The second-order valence-corrected chi connectivity index (χ2v) is 7.85. The van der Waals surface area contributed by atoms with Gasteiger partial charge >= 0.3 is 0 Å². The molecule has 5 heteroatoms. The number of ether oxygens (including phenoxy) is 3. The third-order valence-corrected chi connectivity index (χ3v) is 6.52. The molecule has 4 atom stereocenters. The second-order valence-electron chi connectivity index (χ2n) is 7.85. The minimum absolute atomic E-state index is 0.178. The van der Waals surface area contributed by atoms with Crippen molar-refractivity contribution in [3.63, 3.8) is 0 Å². The number of piperidine rings is 1. The molecule has 2 saturated heterocycles. The Labute approximate surface area is 158 Å². The van der Waals surface area contributed by atoms with Crippen molar-refractivity contribution in [3.05, 3.63) is 53.8 Å². The number of rotatable bonds is 4. The van der Waals surface area contributed by atoms with Gasteiger partial charge in [-0.05, 0) is 62.1 Å². The fourth-order valence-corrected chi connectivity index (χ4v) is 5.06. The Kier molecular flexibility index (Phi) is 4.20. The lowest BCUT2D eigenvalue weighted by Gasteiger charge is -2.43. The first kappa shape index (κ1) is 16.9. The lowest BCUT2D eigenvalue weighted by molar-refractivity contribution is 0.0665. The van der Waals surface area contributed by atoms with Gasteiger partial charge in [-0.3, -0.25) is 0 Å². The molecule has 2 fully saturated rings. The quantitative estimate of drug-likeness (QED) is 0.808. The van der Waals surface area contributed by atoms with E-state index in [-0.39, 0.29) is 12.6 Å². The summed E-state index contributed by atoms with van der Waals surface area (Å²) in [6.07, 6.45) is 3.54. The van der Waals surface area contributed by atoms with Gasteiger partial charge in [-0.1, -0.05) is 12.1 Å². The van der Waals surface area contributed by atoms with Crippen LogP contribution in [0.3, 0.4) is 0 Å². The molecule has 1 unspecified atom stereocenters. The van der Waals surface area contributed by atoms with Crippen molar-refractivity contribution in [1.29, 1.82) is 0 Å². The van der Waals surface area contributed by atoms with Gasteiger partial charge in [0.2, 0.25) is 6.79 Å². The molecule has 3 heterocycles. The molecule has 0 aliphatic carbocycles. The first-order valence-corrected chi connectivity index (χ1v) is 9.69. The summed E-state index contributed by atoms with van der Waals surface area (Å²) in [7, 11) is 2.23. The molecule has 0 spiro atoms. The van der Waals surface area contributed by atoms with Crippen LogP contribution in [0.15, 0.2) is 42.5 Å². The van der Waals surface area contributed by atoms with E-state index in [9.17, 15) is 4.39 Å². The lowest BCUT2D eigenvalue weighted by Crippen LogP contribution is -2.47. The molecule has 27 heavy (non-hydrogen) atoms. The second kappa shape index (κ2) is 6.71. The van der Waals surface area contributed by atoms with E-state index >= 15 is 0 Å². The van der Waals surface area contributed by atoms with Crippen LogP contribution >= 0.6 is 0 Å². The molecule has 2 aromatic rings. The summed E-state index contributed by atoms with van der Waals surface area (Å²) >= 11 is 0. The van der Waals surface area contributed by atoms with E-state index in [4.69, 9.17) is 14.2 Å². The van der Waals surface area contributed by atoms with Crippen LogP contribution in [0.4, 0.5) is 4.39 Å². The molecular formula is C22H24FNO3. The molecule has 0 amide bonds. The molecule has 142 valence electrons. The number of halogens is 1. The zero-order valence-electron chi connectivity index (χ0n) is 15.4. The van der Waals surface area contributed by atoms with Crippen LogP contribution in [0.2, 0.25) is 0 Å². The van der Waals surface area contributed by atoms with Gasteiger partial charge in [0.25, 0.3) is 0 Å². The maximum atomic E-state index is 13.4. The third-order valence-electron chi connectivity index (χ3n) is 6.52. The number of fused-ring (bicyclic) bond motifs is 3. The number of nitrogens with zero attached hydrogens (tertiary/aromatic N) is 1. The summed E-state index contributed by atoms with van der Waals surface area (Å²) in [5.74, 6) is 2.91. The van der Waals surface area contributed by atoms with E-state index in [1.54, 1.807) is 12.1 Å². The Morgan fingerprint density at radius 1 is 1.07 bits per heavy atom. The Bertz CT molecular complexity index is 825. The highest BCUT2D eigenvalue weighted by atomic mass is 19.1. The predicted molar refractivity (Wildman–Crippen MR) is 99.9 cm³/mol. The van der Waals surface area contributed by atoms with E-state index in [1.165, 1.54) is 18.4 Å². The lowest BCUT2D eigenvalue weighted by atomic mass is 9.76. The van der Waals surface area contributed by atoms with Crippen molar-refractivity contribution >= 4 is 0 Å². The maximum absolute atomic E-state index is 13.4. The molecule has 0 aromatic heterocycles. The summed E-state index contributed by atoms with van der Waals surface area (Å²) in [6.45, 7) is 0.908. The summed E-state index contributed by atoms with van der Waals surface area (Å²) in [4.78, 5) is 2.52. The minimum atomic E-state index is -0.178. The van der Waals surface area contributed by atoms with Gasteiger partial charge in [0.15, 0.2) is 11.5 Å². The molecule has 2 bridgehead atoms. The normalized spacial score (nSPS) is 29.1. The number of hydrogen-bond donors (Lipinski definition) is 0. The summed E-state index contributed by atoms with van der Waals surface area (Å²) in [5, 5.41) is 0. The van der Waals surface area contributed by atoms with Gasteiger partial charge < -0.3 is 19.1 Å². The van der Waals surface area contributed by atoms with Gasteiger partial charge in [0.05, 0.1) is 6.61 Å². The third kappa shape index (κ3) is 3.04. The Morgan fingerprint density at radius 2 is 1.89 bits per heavy atom. The van der Waals surface area contributed by atoms with Crippen molar-refractivity contribution in [1.82, 2.24) is 4.90 Å². The molecule has 3 aliphatic rings. The van der Waals surface area contributed by atoms with Gasteiger partial charge in [-0.2, -0.15) is 0 Å². The molecular weight excluding hydrogens is 345 g/mol. The Hall–Kier alpha value is -2.27. The first-order valence-electron chi connectivity index (χ1n) is 9.69. The van der Waals surface area contributed by atoms with Crippen molar-refractivity contribution < 1.29 is 18.6 Å². The molecule has 4 nitrogen and oxygen atoms in total. The molecule has 3 aliphatic heterocycles. The van der Waals surface area contributed by atoms with Gasteiger partial charge in [0.1, 0.15) is 11.6 Å². The molecule has 5 rings (SSSR count). The van der Waals surface area contributed by atoms with Crippen molar-refractivity contribution in [2.75, 3.05) is 20.4 Å². The van der Waals surface area contributed by atoms with Crippen molar-refractivity contribution in [3.8, 4) is 17.2 Å². The number of hydrogen-bond acceptors (Lipinski definition) is 4. The van der Waals surface area contributed by atoms with Crippen molar-refractivity contribution in [2.45, 2.75) is 37.3 Å². The van der Waals surface area contributed by atoms with Gasteiger partial charge in [-0.15, -0.1) is 0 Å². The highest BCUT2D eigenvalue weighted by molar-refractivity contribution is 5.46. The topological polar surface area (TPSA) is 30.9 Å². The van der Waals surface area contributed by atoms with Crippen LogP contribution in [-0.2, 0) is 0 Å². The van der Waals surface area contributed by atoms with E-state index in [0.717, 1.165) is 23.7 Å². The zero-order chi connectivity index (χ0) is 18.4. The maximum Gasteiger partial charge on any atom is 0.231 e.